The summed E-state index contributed by atoms with van der Waals surface area (Å²) in [5.74, 6) is 4.99. The molecule has 2 rings (SSSR count). The second kappa shape index (κ2) is 6.38. The van der Waals surface area contributed by atoms with E-state index in [0.29, 0.717) is 27.0 Å². The maximum Gasteiger partial charge on any atom is 0.271 e. The molecule has 8 heteroatoms. The molecule has 0 fully saturated rings. The normalized spacial score (nSPS) is 9.79. The Hall–Kier alpha value is -1.82. The zero-order chi connectivity index (χ0) is 13.7. The summed E-state index contributed by atoms with van der Waals surface area (Å²) in [6, 6.07) is 0. The first-order chi connectivity index (χ1) is 9.24. The van der Waals surface area contributed by atoms with Crippen molar-refractivity contribution in [3.05, 3.63) is 21.6 Å². The number of aliphatic hydroxyl groups is 1. The van der Waals surface area contributed by atoms with Crippen LogP contribution >= 0.6 is 22.9 Å². The average molecular weight is 294 g/mol. The lowest BCUT2D eigenvalue weighted by atomic mass is 10.3. The molecule has 0 aliphatic rings. The van der Waals surface area contributed by atoms with Crippen LogP contribution in [0.25, 0.3) is 0 Å². The van der Waals surface area contributed by atoms with E-state index in [9.17, 15) is 4.79 Å². The third-order valence-corrected chi connectivity index (χ3v) is 3.71. The van der Waals surface area contributed by atoms with Gasteiger partial charge in [-0.1, -0.05) is 34.6 Å². The van der Waals surface area contributed by atoms with E-state index in [4.69, 9.17) is 5.11 Å². The number of nitrogens with one attached hydrogen (secondary N) is 1. The molecule has 0 atom stereocenters. The van der Waals surface area contributed by atoms with Crippen molar-refractivity contribution < 1.29 is 9.90 Å². The molecule has 2 aromatic heterocycles. The first-order valence-corrected chi connectivity index (χ1v) is 7.01. The van der Waals surface area contributed by atoms with Gasteiger partial charge in [0.25, 0.3) is 5.91 Å². The first-order valence-electron chi connectivity index (χ1n) is 5.42. The zero-order valence-corrected chi connectivity index (χ0v) is 11.6. The van der Waals surface area contributed by atoms with E-state index < -0.39 is 0 Å². The van der Waals surface area contributed by atoms with Crippen molar-refractivity contribution in [2.75, 3.05) is 11.9 Å². The molecule has 0 spiro atoms. The van der Waals surface area contributed by atoms with E-state index in [-0.39, 0.29) is 12.5 Å². The molecule has 6 nitrogen and oxygen atoms in total. The third-order valence-electron chi connectivity index (χ3n) is 2.11. The number of anilines is 1. The zero-order valence-electron chi connectivity index (χ0n) is 10.0. The summed E-state index contributed by atoms with van der Waals surface area (Å²) in [5.41, 5.74) is 0.680. The van der Waals surface area contributed by atoms with E-state index in [2.05, 4.69) is 31.7 Å². The molecule has 98 valence electrons. The highest BCUT2D eigenvalue weighted by Crippen LogP contribution is 2.19. The largest absolute Gasteiger partial charge is 0.384 e. The molecule has 2 heterocycles. The maximum absolute atomic E-state index is 12.0. The summed E-state index contributed by atoms with van der Waals surface area (Å²) in [4.78, 5) is 17.2. The third kappa shape index (κ3) is 3.35. The molecule has 0 radical (unpaired) electrons. The number of nitrogens with zero attached hydrogens (tertiary/aromatic N) is 3. The quantitative estimate of drug-likeness (QED) is 0.829. The summed E-state index contributed by atoms with van der Waals surface area (Å²) in [6.45, 7) is 1.71. The fourth-order valence-corrected chi connectivity index (χ4v) is 2.61. The van der Waals surface area contributed by atoms with Gasteiger partial charge in [0.1, 0.15) is 11.5 Å². The Kier molecular flexibility index (Phi) is 4.57. The van der Waals surface area contributed by atoms with Crippen molar-refractivity contribution in [3.63, 3.8) is 0 Å². The Morgan fingerprint density at radius 1 is 1.58 bits per heavy atom. The van der Waals surface area contributed by atoms with Crippen LogP contribution in [0.4, 0.5) is 5.13 Å². The highest BCUT2D eigenvalue weighted by Gasteiger charge is 2.16. The van der Waals surface area contributed by atoms with Gasteiger partial charge in [-0.15, -0.1) is 5.10 Å². The van der Waals surface area contributed by atoms with Gasteiger partial charge in [0.05, 0.1) is 16.8 Å². The molecule has 0 aliphatic carbocycles. The van der Waals surface area contributed by atoms with Gasteiger partial charge in [-0.2, -0.15) is 0 Å². The number of hydrogen-bond acceptors (Lipinski definition) is 7. The number of hydrogen-bond donors (Lipinski definition) is 2. The van der Waals surface area contributed by atoms with E-state index in [1.165, 1.54) is 11.3 Å². The molecular formula is C11H10N4O2S2. The van der Waals surface area contributed by atoms with Gasteiger partial charge in [-0.05, 0) is 18.0 Å². The van der Waals surface area contributed by atoms with Gasteiger partial charge in [-0.25, -0.2) is 4.98 Å². The van der Waals surface area contributed by atoms with Crippen molar-refractivity contribution in [1.82, 2.24) is 14.6 Å². The van der Waals surface area contributed by atoms with Crippen molar-refractivity contribution >= 4 is 33.9 Å². The number of amides is 1. The maximum atomic E-state index is 12.0. The summed E-state index contributed by atoms with van der Waals surface area (Å²) in [7, 11) is 0. The van der Waals surface area contributed by atoms with Crippen LogP contribution in [0.1, 0.15) is 27.2 Å². The van der Waals surface area contributed by atoms with Crippen LogP contribution in [0.15, 0.2) is 6.20 Å². The average Bonchev–Trinajstić information content (AvgIpc) is 3.04. The van der Waals surface area contributed by atoms with Gasteiger partial charge in [0, 0.05) is 0 Å². The van der Waals surface area contributed by atoms with Crippen LogP contribution in [0.3, 0.4) is 0 Å². The summed E-state index contributed by atoms with van der Waals surface area (Å²) < 4.78 is 3.77. The van der Waals surface area contributed by atoms with E-state index >= 15 is 0 Å². The molecule has 0 unspecified atom stereocenters. The van der Waals surface area contributed by atoms with Crippen molar-refractivity contribution in [2.45, 2.75) is 13.3 Å². The van der Waals surface area contributed by atoms with Gasteiger partial charge in [0.2, 0.25) is 0 Å². The Bertz CT molecular complexity index is 638. The van der Waals surface area contributed by atoms with Gasteiger partial charge < -0.3 is 5.11 Å². The molecule has 0 saturated heterocycles. The molecule has 0 aromatic carbocycles. The molecule has 0 bridgehead atoms. The summed E-state index contributed by atoms with van der Waals surface area (Å²) in [5, 5.41) is 15.6. The van der Waals surface area contributed by atoms with Crippen LogP contribution in [-0.2, 0) is 6.42 Å². The molecule has 0 saturated carbocycles. The lowest BCUT2D eigenvalue weighted by Crippen LogP contribution is -2.11. The molecule has 2 N–H and O–H groups in total. The minimum absolute atomic E-state index is 0.202. The summed E-state index contributed by atoms with van der Waals surface area (Å²) >= 11 is 2.31. The van der Waals surface area contributed by atoms with Gasteiger partial charge >= 0.3 is 0 Å². The fourth-order valence-electron chi connectivity index (χ4n) is 1.28. The van der Waals surface area contributed by atoms with Crippen molar-refractivity contribution in [1.29, 1.82) is 0 Å². The highest BCUT2D eigenvalue weighted by molar-refractivity contribution is 7.16. The lowest BCUT2D eigenvalue weighted by molar-refractivity contribution is 0.102. The van der Waals surface area contributed by atoms with Crippen molar-refractivity contribution in [3.8, 4) is 11.8 Å². The Morgan fingerprint density at radius 3 is 3.16 bits per heavy atom. The fraction of sp³-hybridized carbons (Fsp3) is 0.273. The Balaban J connectivity index is 2.09. The standard InChI is InChI=1S/C11H10N4O2S2/c1-2-8-9(19-15-14-8)10(17)13-11-12-6-7(18-11)4-3-5-16/h6,16H,2,5H2,1H3,(H,12,13,17). The first kappa shape index (κ1) is 13.6. The smallest absolute Gasteiger partial charge is 0.271 e. The number of aryl methyl sites for hydroxylation is 1. The summed E-state index contributed by atoms with van der Waals surface area (Å²) in [6.07, 6.45) is 2.21. The van der Waals surface area contributed by atoms with Gasteiger partial charge in [-0.3, -0.25) is 10.1 Å². The van der Waals surface area contributed by atoms with E-state index in [1.54, 1.807) is 6.20 Å². The molecule has 19 heavy (non-hydrogen) atoms. The molecular weight excluding hydrogens is 284 g/mol. The monoisotopic (exact) mass is 294 g/mol. The van der Waals surface area contributed by atoms with Crippen LogP contribution < -0.4 is 5.32 Å². The lowest BCUT2D eigenvalue weighted by Gasteiger charge is -1.98. The van der Waals surface area contributed by atoms with E-state index in [1.807, 2.05) is 6.92 Å². The number of carbonyl (C=O) groups excluding carboxylic acids is 1. The number of rotatable bonds is 3. The Labute approximate surface area is 117 Å². The van der Waals surface area contributed by atoms with Crippen LogP contribution in [0.2, 0.25) is 0 Å². The highest BCUT2D eigenvalue weighted by atomic mass is 32.1. The van der Waals surface area contributed by atoms with Crippen molar-refractivity contribution in [2.24, 2.45) is 0 Å². The second-order valence-corrected chi connectivity index (χ2v) is 5.13. The van der Waals surface area contributed by atoms with E-state index in [0.717, 1.165) is 11.5 Å². The van der Waals surface area contributed by atoms with Crippen LogP contribution in [0.5, 0.6) is 0 Å². The van der Waals surface area contributed by atoms with Gasteiger partial charge in [0.15, 0.2) is 5.13 Å². The predicted octanol–water partition coefficient (Wildman–Crippen LogP) is 1.15. The van der Waals surface area contributed by atoms with Crippen LogP contribution in [0, 0.1) is 11.8 Å². The minimum Gasteiger partial charge on any atom is -0.384 e. The number of aliphatic hydroxyl groups excluding tert-OH is 1. The number of carbonyl (C=O) groups is 1. The molecule has 1 amide bonds. The predicted molar refractivity (Wildman–Crippen MR) is 73.3 cm³/mol. The van der Waals surface area contributed by atoms with Crippen LogP contribution in [-0.4, -0.2) is 32.2 Å². The second-order valence-electron chi connectivity index (χ2n) is 3.35. The SMILES string of the molecule is CCc1nnsc1C(=O)Nc1ncc(C#CCO)s1. The number of aromatic nitrogens is 3. The minimum atomic E-state index is -0.261. The Morgan fingerprint density at radius 2 is 2.42 bits per heavy atom. The molecule has 0 aliphatic heterocycles. The number of thiazole rings is 1. The molecule has 2 aromatic rings. The topological polar surface area (TPSA) is 88.0 Å².